The van der Waals surface area contributed by atoms with Crippen molar-refractivity contribution < 1.29 is 9.15 Å². The van der Waals surface area contributed by atoms with Gasteiger partial charge in [-0.05, 0) is 49.4 Å². The molecule has 0 radical (unpaired) electrons. The first-order chi connectivity index (χ1) is 11.1. The lowest BCUT2D eigenvalue weighted by molar-refractivity contribution is 0.415. The minimum atomic E-state index is 0.421. The van der Waals surface area contributed by atoms with Crippen molar-refractivity contribution in [3.05, 3.63) is 71.8 Å². The van der Waals surface area contributed by atoms with Crippen molar-refractivity contribution in [2.75, 3.05) is 7.11 Å². The monoisotopic (exact) mass is 306 g/mol. The van der Waals surface area contributed by atoms with E-state index in [2.05, 4.69) is 11.6 Å². The van der Waals surface area contributed by atoms with Crippen LogP contribution >= 0.6 is 0 Å². The van der Waals surface area contributed by atoms with Gasteiger partial charge in [-0.25, -0.2) is 4.99 Å². The molecule has 1 aromatic heterocycles. The Morgan fingerprint density at radius 1 is 1.13 bits per heavy atom. The summed E-state index contributed by atoms with van der Waals surface area (Å²) in [5.74, 6) is 0.776. The van der Waals surface area contributed by atoms with Gasteiger partial charge in [0.2, 0.25) is 5.55 Å². The highest BCUT2D eigenvalue weighted by Gasteiger charge is 2.06. The molecular weight excluding hydrogens is 288 g/mol. The number of methoxy groups -OCH3 is 1. The Kier molecular flexibility index (Phi) is 3.89. The van der Waals surface area contributed by atoms with Gasteiger partial charge in [0.25, 0.3) is 0 Å². The van der Waals surface area contributed by atoms with Gasteiger partial charge in [0.1, 0.15) is 11.3 Å². The molecule has 1 heterocycles. The summed E-state index contributed by atoms with van der Waals surface area (Å²) in [4.78, 5) is 4.55. The molecule has 0 saturated carbocycles. The molecule has 3 rings (SSSR count). The van der Waals surface area contributed by atoms with E-state index in [0.29, 0.717) is 16.8 Å². The van der Waals surface area contributed by atoms with Gasteiger partial charge in [0.05, 0.1) is 18.4 Å². The van der Waals surface area contributed by atoms with Crippen LogP contribution in [0.15, 0.2) is 64.5 Å². The molecule has 0 amide bonds. The summed E-state index contributed by atoms with van der Waals surface area (Å²) in [6.07, 6.45) is 0. The number of hydrogen-bond donors (Lipinski definition) is 1. The first-order valence-corrected chi connectivity index (χ1v) is 7.25. The summed E-state index contributed by atoms with van der Waals surface area (Å²) in [7, 11) is 1.63. The van der Waals surface area contributed by atoms with Gasteiger partial charge < -0.3 is 14.9 Å². The second-order valence-corrected chi connectivity index (χ2v) is 5.34. The van der Waals surface area contributed by atoms with E-state index < -0.39 is 0 Å². The van der Waals surface area contributed by atoms with E-state index in [4.69, 9.17) is 14.9 Å². The Morgan fingerprint density at radius 2 is 1.87 bits per heavy atom. The average Bonchev–Trinajstić information content (AvgIpc) is 2.55. The lowest BCUT2D eigenvalue weighted by Gasteiger charge is -2.05. The van der Waals surface area contributed by atoms with Crippen molar-refractivity contribution in [3.8, 4) is 5.75 Å². The topological polar surface area (TPSA) is 60.8 Å². The van der Waals surface area contributed by atoms with E-state index in [9.17, 15) is 0 Å². The third-order valence-electron chi connectivity index (χ3n) is 3.55. The quantitative estimate of drug-likeness (QED) is 0.798. The van der Waals surface area contributed by atoms with E-state index in [1.807, 2.05) is 55.5 Å². The fourth-order valence-electron chi connectivity index (χ4n) is 2.34. The molecule has 23 heavy (non-hydrogen) atoms. The zero-order chi connectivity index (χ0) is 16.4. The Labute approximate surface area is 134 Å². The highest BCUT2D eigenvalue weighted by atomic mass is 16.5. The summed E-state index contributed by atoms with van der Waals surface area (Å²) < 4.78 is 11.1. The van der Waals surface area contributed by atoms with Gasteiger partial charge in [0, 0.05) is 11.1 Å². The molecule has 2 aromatic carbocycles. The number of nitrogens with zero attached hydrogens (tertiary/aromatic N) is 1. The molecule has 4 nitrogen and oxygen atoms in total. The van der Waals surface area contributed by atoms with Gasteiger partial charge in [-0.3, -0.25) is 0 Å². The fourth-order valence-corrected chi connectivity index (χ4v) is 2.34. The molecule has 116 valence electrons. The molecule has 0 atom stereocenters. The van der Waals surface area contributed by atoms with E-state index >= 15 is 0 Å². The van der Waals surface area contributed by atoms with Crippen molar-refractivity contribution in [1.82, 2.24) is 0 Å². The SMILES string of the molecule is C=C(N)c1cc2cc(C)ccc2oc1=Nc1ccc(OC)cc1. The van der Waals surface area contributed by atoms with Crippen LogP contribution in [0.4, 0.5) is 5.69 Å². The van der Waals surface area contributed by atoms with Crippen LogP contribution in [0.25, 0.3) is 16.7 Å². The van der Waals surface area contributed by atoms with Gasteiger partial charge in [-0.15, -0.1) is 0 Å². The van der Waals surface area contributed by atoms with Crippen LogP contribution in [0.2, 0.25) is 0 Å². The highest BCUT2D eigenvalue weighted by Crippen LogP contribution is 2.20. The lowest BCUT2D eigenvalue weighted by Crippen LogP contribution is -2.11. The maximum absolute atomic E-state index is 5.93. The van der Waals surface area contributed by atoms with E-state index in [0.717, 1.165) is 28.0 Å². The van der Waals surface area contributed by atoms with Crippen LogP contribution in [-0.2, 0) is 0 Å². The molecule has 4 heteroatoms. The molecule has 0 unspecified atom stereocenters. The fraction of sp³-hybridized carbons (Fsp3) is 0.105. The first kappa shape index (κ1) is 14.9. The van der Waals surface area contributed by atoms with Crippen LogP contribution in [0, 0.1) is 6.92 Å². The maximum atomic E-state index is 5.93. The molecule has 0 fully saturated rings. The molecular formula is C19H18N2O2. The molecule has 0 saturated heterocycles. The van der Waals surface area contributed by atoms with Gasteiger partial charge >= 0.3 is 0 Å². The third kappa shape index (κ3) is 3.11. The Hall–Kier alpha value is -3.01. The number of fused-ring (bicyclic) bond motifs is 1. The number of nitrogens with two attached hydrogens (primary N) is 1. The summed E-state index contributed by atoms with van der Waals surface area (Å²) >= 11 is 0. The van der Waals surface area contributed by atoms with E-state index in [1.165, 1.54) is 0 Å². The molecule has 0 aliphatic rings. The number of hydrogen-bond acceptors (Lipinski definition) is 4. The van der Waals surface area contributed by atoms with Crippen LogP contribution < -0.4 is 16.0 Å². The zero-order valence-corrected chi connectivity index (χ0v) is 13.2. The van der Waals surface area contributed by atoms with E-state index in [-0.39, 0.29) is 0 Å². The number of rotatable bonds is 3. The maximum Gasteiger partial charge on any atom is 0.229 e. The molecule has 0 bridgehead atoms. The lowest BCUT2D eigenvalue weighted by atomic mass is 10.1. The Bertz CT molecular complexity index is 938. The van der Waals surface area contributed by atoms with Gasteiger partial charge in [-0.2, -0.15) is 0 Å². The van der Waals surface area contributed by atoms with Gasteiger partial charge in [0.15, 0.2) is 0 Å². The Morgan fingerprint density at radius 3 is 2.52 bits per heavy atom. The largest absolute Gasteiger partial charge is 0.497 e. The molecule has 3 aromatic rings. The van der Waals surface area contributed by atoms with Crippen molar-refractivity contribution in [1.29, 1.82) is 0 Å². The summed E-state index contributed by atoms with van der Waals surface area (Å²) in [6, 6.07) is 15.3. The van der Waals surface area contributed by atoms with Crippen molar-refractivity contribution >= 4 is 22.4 Å². The number of benzene rings is 2. The molecule has 2 N–H and O–H groups in total. The van der Waals surface area contributed by atoms with E-state index in [1.54, 1.807) is 7.11 Å². The molecule has 0 aliphatic heterocycles. The smallest absolute Gasteiger partial charge is 0.229 e. The van der Waals surface area contributed by atoms with Crippen molar-refractivity contribution in [2.24, 2.45) is 10.7 Å². The zero-order valence-electron chi connectivity index (χ0n) is 13.2. The summed E-state index contributed by atoms with van der Waals surface area (Å²) in [5.41, 5.74) is 10.1. The van der Waals surface area contributed by atoms with Crippen LogP contribution in [0.1, 0.15) is 11.1 Å². The highest BCUT2D eigenvalue weighted by molar-refractivity contribution is 5.80. The van der Waals surface area contributed by atoms with Crippen LogP contribution in [0.3, 0.4) is 0 Å². The summed E-state index contributed by atoms with van der Waals surface area (Å²) in [5, 5.41) is 0.972. The molecule has 0 aliphatic carbocycles. The average molecular weight is 306 g/mol. The number of aryl methyl sites for hydroxylation is 1. The van der Waals surface area contributed by atoms with Crippen LogP contribution in [-0.4, -0.2) is 7.11 Å². The third-order valence-corrected chi connectivity index (χ3v) is 3.55. The van der Waals surface area contributed by atoms with Gasteiger partial charge in [-0.1, -0.05) is 18.2 Å². The van der Waals surface area contributed by atoms with Crippen molar-refractivity contribution in [3.63, 3.8) is 0 Å². The number of ether oxygens (including phenoxy) is 1. The Balaban J connectivity index is 2.21. The summed E-state index contributed by atoms with van der Waals surface area (Å²) in [6.45, 7) is 5.86. The predicted molar refractivity (Wildman–Crippen MR) is 92.4 cm³/mol. The first-order valence-electron chi connectivity index (χ1n) is 7.25. The minimum Gasteiger partial charge on any atom is -0.497 e. The second kappa shape index (κ2) is 6.01. The normalized spacial score (nSPS) is 11.7. The van der Waals surface area contributed by atoms with Crippen LogP contribution in [0.5, 0.6) is 5.75 Å². The molecule has 0 spiro atoms. The second-order valence-electron chi connectivity index (χ2n) is 5.34. The van der Waals surface area contributed by atoms with Crippen molar-refractivity contribution in [2.45, 2.75) is 6.92 Å². The minimum absolute atomic E-state index is 0.421. The standard InChI is InChI=1S/C19H18N2O2/c1-12-4-9-18-14(10-12)11-17(13(2)20)19(23-18)21-15-5-7-16(22-3)8-6-15/h4-11H,2,20H2,1,3H3. The predicted octanol–water partition coefficient (Wildman–Crippen LogP) is 3.91.